The molecule has 0 heterocycles. The number of hydrogen-bond donors (Lipinski definition) is 1. The highest BCUT2D eigenvalue weighted by Gasteiger charge is 2.16. The standard InChI is InChI=1S/C12H14O5/c1-8(11(14)17-7-13)9-3-5-10(6-4-9)12(15)16-2/h3-6,8,13H,7H2,1-2H3. The number of carbonyl (C=O) groups excluding carboxylic acids is 2. The number of carbonyl (C=O) groups is 2. The van der Waals surface area contributed by atoms with Gasteiger partial charge in [-0.25, -0.2) is 4.79 Å². The minimum absolute atomic E-state index is 0.416. The van der Waals surface area contributed by atoms with Crippen molar-refractivity contribution < 1.29 is 24.2 Å². The van der Waals surface area contributed by atoms with Crippen molar-refractivity contribution in [3.05, 3.63) is 35.4 Å². The van der Waals surface area contributed by atoms with Crippen molar-refractivity contribution in [1.29, 1.82) is 0 Å². The summed E-state index contributed by atoms with van der Waals surface area (Å²) in [7, 11) is 1.30. The summed E-state index contributed by atoms with van der Waals surface area (Å²) in [5.74, 6) is -1.44. The van der Waals surface area contributed by atoms with Gasteiger partial charge in [0.15, 0.2) is 6.79 Å². The predicted molar refractivity (Wildman–Crippen MR) is 59.4 cm³/mol. The van der Waals surface area contributed by atoms with Gasteiger partial charge in [-0.2, -0.15) is 0 Å². The largest absolute Gasteiger partial charge is 0.465 e. The summed E-state index contributed by atoms with van der Waals surface area (Å²) in [4.78, 5) is 22.5. The van der Waals surface area contributed by atoms with Crippen molar-refractivity contribution in [2.75, 3.05) is 13.9 Å². The molecule has 1 unspecified atom stereocenters. The quantitative estimate of drug-likeness (QED) is 0.627. The second kappa shape index (κ2) is 6.00. The number of ether oxygens (including phenoxy) is 2. The van der Waals surface area contributed by atoms with Gasteiger partial charge in [0.1, 0.15) is 0 Å². The maximum absolute atomic E-state index is 11.3. The summed E-state index contributed by atoms with van der Waals surface area (Å²) in [6.07, 6.45) is 0. The Bertz CT molecular complexity index is 396. The first-order chi connectivity index (χ1) is 8.10. The van der Waals surface area contributed by atoms with E-state index in [1.807, 2.05) is 0 Å². The summed E-state index contributed by atoms with van der Waals surface area (Å²) in [6.45, 7) is 1.02. The fraction of sp³-hybridized carbons (Fsp3) is 0.333. The van der Waals surface area contributed by atoms with Crippen LogP contribution in [-0.2, 0) is 14.3 Å². The third-order valence-corrected chi connectivity index (χ3v) is 2.39. The number of esters is 2. The Labute approximate surface area is 99.0 Å². The molecule has 0 fully saturated rings. The Morgan fingerprint density at radius 3 is 2.35 bits per heavy atom. The SMILES string of the molecule is COC(=O)c1ccc(C(C)C(=O)OCO)cc1. The van der Waals surface area contributed by atoms with E-state index >= 15 is 0 Å². The van der Waals surface area contributed by atoms with Crippen LogP contribution in [0.2, 0.25) is 0 Å². The average molecular weight is 238 g/mol. The molecule has 1 rings (SSSR count). The van der Waals surface area contributed by atoms with E-state index in [0.29, 0.717) is 11.1 Å². The normalized spacial score (nSPS) is 11.7. The van der Waals surface area contributed by atoms with Gasteiger partial charge >= 0.3 is 11.9 Å². The lowest BCUT2D eigenvalue weighted by Crippen LogP contribution is -2.14. The van der Waals surface area contributed by atoms with Gasteiger partial charge < -0.3 is 14.6 Å². The number of aliphatic hydroxyl groups excluding tert-OH is 1. The molecule has 0 saturated carbocycles. The Hall–Kier alpha value is -1.88. The topological polar surface area (TPSA) is 72.8 Å². The van der Waals surface area contributed by atoms with Gasteiger partial charge in [-0.15, -0.1) is 0 Å². The molecule has 1 N–H and O–H groups in total. The molecular weight excluding hydrogens is 224 g/mol. The second-order valence-electron chi connectivity index (χ2n) is 3.43. The van der Waals surface area contributed by atoms with E-state index in [-0.39, 0.29) is 0 Å². The molecule has 1 aromatic carbocycles. The summed E-state index contributed by atoms with van der Waals surface area (Å²) in [6, 6.07) is 6.44. The highest BCUT2D eigenvalue weighted by atomic mass is 16.6. The van der Waals surface area contributed by atoms with Crippen LogP contribution >= 0.6 is 0 Å². The van der Waals surface area contributed by atoms with E-state index in [9.17, 15) is 9.59 Å². The first-order valence-electron chi connectivity index (χ1n) is 5.06. The van der Waals surface area contributed by atoms with Crippen molar-refractivity contribution in [1.82, 2.24) is 0 Å². The van der Waals surface area contributed by atoms with Crippen molar-refractivity contribution in [3.8, 4) is 0 Å². The summed E-state index contributed by atoms with van der Waals surface area (Å²) < 4.78 is 9.04. The molecular formula is C12H14O5. The Kier molecular flexibility index (Phi) is 4.66. The van der Waals surface area contributed by atoms with Gasteiger partial charge in [0.2, 0.25) is 0 Å². The molecule has 1 aromatic rings. The monoisotopic (exact) mass is 238 g/mol. The zero-order chi connectivity index (χ0) is 12.8. The lowest BCUT2D eigenvalue weighted by atomic mass is 10.00. The van der Waals surface area contributed by atoms with E-state index in [1.165, 1.54) is 7.11 Å². The smallest absolute Gasteiger partial charge is 0.337 e. The fourth-order valence-corrected chi connectivity index (χ4v) is 1.35. The Morgan fingerprint density at radius 2 is 1.88 bits per heavy atom. The Balaban J connectivity index is 2.80. The molecule has 0 amide bonds. The average Bonchev–Trinajstić information content (AvgIpc) is 2.37. The molecule has 0 bridgehead atoms. The van der Waals surface area contributed by atoms with E-state index in [4.69, 9.17) is 5.11 Å². The van der Waals surface area contributed by atoms with Crippen LogP contribution in [0.15, 0.2) is 24.3 Å². The minimum atomic E-state index is -0.635. The molecule has 0 aliphatic rings. The van der Waals surface area contributed by atoms with Crippen LogP contribution in [-0.4, -0.2) is 30.9 Å². The number of aliphatic hydroxyl groups is 1. The number of rotatable bonds is 4. The minimum Gasteiger partial charge on any atom is -0.465 e. The first-order valence-corrected chi connectivity index (χ1v) is 5.06. The summed E-state index contributed by atoms with van der Waals surface area (Å²) in [5.41, 5.74) is 1.12. The van der Waals surface area contributed by atoms with Crippen molar-refractivity contribution >= 4 is 11.9 Å². The van der Waals surface area contributed by atoms with Crippen LogP contribution in [0.3, 0.4) is 0 Å². The maximum atomic E-state index is 11.3. The van der Waals surface area contributed by atoms with Crippen LogP contribution in [0.25, 0.3) is 0 Å². The molecule has 0 aliphatic heterocycles. The molecule has 0 radical (unpaired) electrons. The van der Waals surface area contributed by atoms with Crippen LogP contribution in [0.5, 0.6) is 0 Å². The molecule has 0 aromatic heterocycles. The van der Waals surface area contributed by atoms with Crippen molar-refractivity contribution in [2.45, 2.75) is 12.8 Å². The lowest BCUT2D eigenvalue weighted by Gasteiger charge is -2.10. The van der Waals surface area contributed by atoms with Gasteiger partial charge in [0.25, 0.3) is 0 Å². The summed E-state index contributed by atoms with van der Waals surface area (Å²) in [5, 5.41) is 8.48. The highest BCUT2D eigenvalue weighted by molar-refractivity contribution is 5.89. The highest BCUT2D eigenvalue weighted by Crippen LogP contribution is 2.17. The van der Waals surface area contributed by atoms with E-state index < -0.39 is 24.6 Å². The fourth-order valence-electron chi connectivity index (χ4n) is 1.35. The van der Waals surface area contributed by atoms with Gasteiger partial charge in [-0.3, -0.25) is 4.79 Å². The van der Waals surface area contributed by atoms with E-state index in [2.05, 4.69) is 9.47 Å². The van der Waals surface area contributed by atoms with E-state index in [1.54, 1.807) is 31.2 Å². The zero-order valence-electron chi connectivity index (χ0n) is 9.67. The second-order valence-corrected chi connectivity index (χ2v) is 3.43. The zero-order valence-corrected chi connectivity index (χ0v) is 9.67. The third kappa shape index (κ3) is 3.29. The van der Waals surface area contributed by atoms with Crippen LogP contribution in [0.1, 0.15) is 28.8 Å². The van der Waals surface area contributed by atoms with Crippen molar-refractivity contribution in [3.63, 3.8) is 0 Å². The van der Waals surface area contributed by atoms with Crippen molar-refractivity contribution in [2.24, 2.45) is 0 Å². The van der Waals surface area contributed by atoms with E-state index in [0.717, 1.165) is 0 Å². The van der Waals surface area contributed by atoms with Crippen LogP contribution in [0, 0.1) is 0 Å². The molecule has 17 heavy (non-hydrogen) atoms. The molecule has 0 aliphatic carbocycles. The van der Waals surface area contributed by atoms with Crippen LogP contribution < -0.4 is 0 Å². The third-order valence-electron chi connectivity index (χ3n) is 2.39. The molecule has 92 valence electrons. The predicted octanol–water partition coefficient (Wildman–Crippen LogP) is 1.07. The van der Waals surface area contributed by atoms with Gasteiger partial charge in [0, 0.05) is 0 Å². The molecule has 5 heteroatoms. The maximum Gasteiger partial charge on any atom is 0.337 e. The number of benzene rings is 1. The van der Waals surface area contributed by atoms with Crippen LogP contribution in [0.4, 0.5) is 0 Å². The van der Waals surface area contributed by atoms with Gasteiger partial charge in [-0.05, 0) is 24.6 Å². The van der Waals surface area contributed by atoms with Gasteiger partial charge in [-0.1, -0.05) is 12.1 Å². The first kappa shape index (κ1) is 13.2. The molecule has 0 spiro atoms. The van der Waals surface area contributed by atoms with Gasteiger partial charge in [0.05, 0.1) is 18.6 Å². The molecule has 1 atom stereocenters. The Morgan fingerprint density at radius 1 is 1.29 bits per heavy atom. The molecule has 5 nitrogen and oxygen atoms in total. The number of hydrogen-bond acceptors (Lipinski definition) is 5. The summed E-state index contributed by atoms with van der Waals surface area (Å²) >= 11 is 0. The lowest BCUT2D eigenvalue weighted by molar-refractivity contribution is -0.153. The molecule has 0 saturated heterocycles. The number of methoxy groups -OCH3 is 1.